The molecule has 0 fully saturated rings. The number of hydrogen-bond donors (Lipinski definition) is 1. The van der Waals surface area contributed by atoms with Crippen molar-refractivity contribution in [2.45, 2.75) is 26.3 Å². The summed E-state index contributed by atoms with van der Waals surface area (Å²) in [4.78, 5) is 49.2. The number of esters is 1. The van der Waals surface area contributed by atoms with Crippen LogP contribution in [0.2, 0.25) is 0 Å². The van der Waals surface area contributed by atoms with Crippen LogP contribution in [0.25, 0.3) is 0 Å². The zero-order valence-corrected chi connectivity index (χ0v) is 15.9. The standard InChI is InChI=1S/C20H19N3O6/c1-12-6-5-9-16(23(27)28)19(12)20(26)29-11-18(25)22-13(2)10-17(24)21-14-7-3-4-8-15(14)22/h3-9,13H,10-11H2,1-2H3,(H,21,24). The predicted octanol–water partition coefficient (Wildman–Crippen LogP) is 2.82. The fourth-order valence-corrected chi connectivity index (χ4v) is 3.31. The number of nitrogens with one attached hydrogen (secondary N) is 1. The summed E-state index contributed by atoms with van der Waals surface area (Å²) in [5, 5.41) is 13.9. The number of nitro benzene ring substituents is 1. The number of anilines is 2. The van der Waals surface area contributed by atoms with Crippen molar-refractivity contribution in [2.24, 2.45) is 0 Å². The molecule has 1 unspecified atom stereocenters. The normalized spacial score (nSPS) is 15.7. The van der Waals surface area contributed by atoms with Crippen molar-refractivity contribution >= 4 is 34.8 Å². The molecule has 150 valence electrons. The number of hydrogen-bond acceptors (Lipinski definition) is 6. The number of fused-ring (bicyclic) bond motifs is 1. The smallest absolute Gasteiger partial charge is 0.345 e. The minimum Gasteiger partial charge on any atom is -0.452 e. The number of nitrogens with zero attached hydrogens (tertiary/aromatic N) is 2. The van der Waals surface area contributed by atoms with Gasteiger partial charge in [-0.15, -0.1) is 0 Å². The first kappa shape index (κ1) is 20.0. The number of amides is 2. The molecule has 2 aromatic rings. The van der Waals surface area contributed by atoms with E-state index in [0.29, 0.717) is 16.9 Å². The van der Waals surface area contributed by atoms with Gasteiger partial charge in [0.05, 0.1) is 16.3 Å². The first-order valence-electron chi connectivity index (χ1n) is 8.91. The maximum Gasteiger partial charge on any atom is 0.345 e. The highest BCUT2D eigenvalue weighted by Gasteiger charge is 2.31. The number of carbonyl (C=O) groups is 3. The van der Waals surface area contributed by atoms with Crippen molar-refractivity contribution in [1.29, 1.82) is 0 Å². The lowest BCUT2D eigenvalue weighted by atomic mass is 10.1. The number of nitro groups is 1. The Morgan fingerprint density at radius 1 is 1.24 bits per heavy atom. The molecule has 2 amide bonds. The maximum atomic E-state index is 12.8. The van der Waals surface area contributed by atoms with E-state index in [-0.39, 0.29) is 23.6 Å². The molecule has 1 heterocycles. The van der Waals surface area contributed by atoms with E-state index in [9.17, 15) is 24.5 Å². The zero-order valence-electron chi connectivity index (χ0n) is 15.9. The van der Waals surface area contributed by atoms with E-state index in [0.717, 1.165) is 0 Å². The number of rotatable bonds is 4. The van der Waals surface area contributed by atoms with E-state index >= 15 is 0 Å². The van der Waals surface area contributed by atoms with Crippen LogP contribution in [-0.2, 0) is 14.3 Å². The van der Waals surface area contributed by atoms with E-state index < -0.39 is 29.4 Å². The molecular formula is C20H19N3O6. The van der Waals surface area contributed by atoms with E-state index in [4.69, 9.17) is 4.74 Å². The summed E-state index contributed by atoms with van der Waals surface area (Å²) in [6, 6.07) is 10.6. The summed E-state index contributed by atoms with van der Waals surface area (Å²) in [6.45, 7) is 2.65. The number of para-hydroxylation sites is 2. The molecule has 9 heteroatoms. The topological polar surface area (TPSA) is 119 Å². The molecule has 0 radical (unpaired) electrons. The van der Waals surface area contributed by atoms with Crippen LogP contribution in [0.4, 0.5) is 17.1 Å². The second-order valence-corrected chi connectivity index (χ2v) is 6.68. The SMILES string of the molecule is Cc1cccc([N+](=O)[O-])c1C(=O)OCC(=O)N1c2ccccc2NC(=O)CC1C. The van der Waals surface area contributed by atoms with Gasteiger partial charge < -0.3 is 15.0 Å². The maximum absolute atomic E-state index is 12.8. The highest BCUT2D eigenvalue weighted by atomic mass is 16.6. The minimum absolute atomic E-state index is 0.0810. The van der Waals surface area contributed by atoms with Crippen LogP contribution >= 0.6 is 0 Å². The van der Waals surface area contributed by atoms with Crippen molar-refractivity contribution < 1.29 is 24.0 Å². The van der Waals surface area contributed by atoms with Gasteiger partial charge in [-0.1, -0.05) is 24.3 Å². The molecule has 0 aliphatic carbocycles. The van der Waals surface area contributed by atoms with Gasteiger partial charge in [-0.05, 0) is 31.5 Å². The fourth-order valence-electron chi connectivity index (χ4n) is 3.31. The van der Waals surface area contributed by atoms with Crippen LogP contribution in [-0.4, -0.2) is 35.4 Å². The number of carbonyl (C=O) groups excluding carboxylic acids is 3. The molecular weight excluding hydrogens is 378 g/mol. The Kier molecular flexibility index (Phi) is 5.58. The van der Waals surface area contributed by atoms with Gasteiger partial charge in [-0.3, -0.25) is 19.7 Å². The highest BCUT2D eigenvalue weighted by Crippen LogP contribution is 2.31. The summed E-state index contributed by atoms with van der Waals surface area (Å²) in [6.07, 6.45) is 0.0810. The summed E-state index contributed by atoms with van der Waals surface area (Å²) in [5.41, 5.74) is 0.780. The summed E-state index contributed by atoms with van der Waals surface area (Å²) in [5.74, 6) is -1.72. The summed E-state index contributed by atoms with van der Waals surface area (Å²) < 4.78 is 5.11. The molecule has 0 saturated heterocycles. The van der Waals surface area contributed by atoms with Crippen LogP contribution in [0.1, 0.15) is 29.3 Å². The first-order chi connectivity index (χ1) is 13.8. The lowest BCUT2D eigenvalue weighted by Crippen LogP contribution is -2.41. The van der Waals surface area contributed by atoms with Gasteiger partial charge in [0.15, 0.2) is 6.61 Å². The van der Waals surface area contributed by atoms with Crippen LogP contribution in [0.5, 0.6) is 0 Å². The van der Waals surface area contributed by atoms with E-state index in [1.54, 1.807) is 44.2 Å². The van der Waals surface area contributed by atoms with E-state index in [1.165, 1.54) is 17.0 Å². The van der Waals surface area contributed by atoms with Gasteiger partial charge in [0.2, 0.25) is 5.91 Å². The van der Waals surface area contributed by atoms with Crippen molar-refractivity contribution in [3.05, 3.63) is 63.7 Å². The monoisotopic (exact) mass is 397 g/mol. The lowest BCUT2D eigenvalue weighted by Gasteiger charge is -2.27. The van der Waals surface area contributed by atoms with Gasteiger partial charge in [0.25, 0.3) is 11.6 Å². The fraction of sp³-hybridized carbons (Fsp3) is 0.250. The third kappa shape index (κ3) is 4.08. The number of benzene rings is 2. The third-order valence-corrected chi connectivity index (χ3v) is 4.61. The highest BCUT2D eigenvalue weighted by molar-refractivity contribution is 6.05. The Hall–Kier alpha value is -3.75. The zero-order chi connectivity index (χ0) is 21.1. The number of ether oxygens (including phenoxy) is 1. The van der Waals surface area contributed by atoms with Crippen molar-refractivity contribution in [2.75, 3.05) is 16.8 Å². The van der Waals surface area contributed by atoms with E-state index in [1.807, 2.05) is 0 Å². The molecule has 1 aliphatic heterocycles. The second-order valence-electron chi connectivity index (χ2n) is 6.68. The Labute approximate surface area is 166 Å². The van der Waals surface area contributed by atoms with E-state index in [2.05, 4.69) is 5.32 Å². The predicted molar refractivity (Wildman–Crippen MR) is 105 cm³/mol. The molecule has 1 N–H and O–H groups in total. The Morgan fingerprint density at radius 2 is 1.97 bits per heavy atom. The van der Waals surface area contributed by atoms with Gasteiger partial charge in [0.1, 0.15) is 5.56 Å². The van der Waals surface area contributed by atoms with Gasteiger partial charge in [-0.2, -0.15) is 0 Å². The van der Waals surface area contributed by atoms with Crippen molar-refractivity contribution in [3.63, 3.8) is 0 Å². The molecule has 2 aromatic carbocycles. The van der Waals surface area contributed by atoms with Crippen LogP contribution in [0, 0.1) is 17.0 Å². The summed E-state index contributed by atoms with van der Waals surface area (Å²) >= 11 is 0. The van der Waals surface area contributed by atoms with Gasteiger partial charge in [-0.25, -0.2) is 4.79 Å². The number of aryl methyl sites for hydroxylation is 1. The van der Waals surface area contributed by atoms with Gasteiger partial charge in [0, 0.05) is 18.5 Å². The molecule has 0 bridgehead atoms. The summed E-state index contributed by atoms with van der Waals surface area (Å²) in [7, 11) is 0. The molecule has 1 aliphatic rings. The van der Waals surface area contributed by atoms with Crippen molar-refractivity contribution in [3.8, 4) is 0 Å². The van der Waals surface area contributed by atoms with Gasteiger partial charge >= 0.3 is 5.97 Å². The Balaban J connectivity index is 1.82. The quantitative estimate of drug-likeness (QED) is 0.481. The van der Waals surface area contributed by atoms with Crippen molar-refractivity contribution in [1.82, 2.24) is 0 Å². The van der Waals surface area contributed by atoms with Crippen LogP contribution in [0.3, 0.4) is 0 Å². The average Bonchev–Trinajstić information content (AvgIpc) is 2.79. The Morgan fingerprint density at radius 3 is 2.69 bits per heavy atom. The largest absolute Gasteiger partial charge is 0.452 e. The molecule has 1 atom stereocenters. The Bertz CT molecular complexity index is 1000. The van der Waals surface area contributed by atoms with Crippen LogP contribution < -0.4 is 10.2 Å². The third-order valence-electron chi connectivity index (χ3n) is 4.61. The molecule has 9 nitrogen and oxygen atoms in total. The second kappa shape index (κ2) is 8.09. The molecule has 3 rings (SSSR count). The minimum atomic E-state index is -0.951. The first-order valence-corrected chi connectivity index (χ1v) is 8.91. The average molecular weight is 397 g/mol. The molecule has 0 aromatic heterocycles. The molecule has 29 heavy (non-hydrogen) atoms. The molecule has 0 saturated carbocycles. The molecule has 0 spiro atoms. The lowest BCUT2D eigenvalue weighted by molar-refractivity contribution is -0.385. The van der Waals surface area contributed by atoms with Crippen LogP contribution in [0.15, 0.2) is 42.5 Å².